The van der Waals surface area contributed by atoms with Crippen molar-refractivity contribution in [2.75, 3.05) is 16.7 Å². The molecule has 0 unspecified atom stereocenters. The van der Waals surface area contributed by atoms with Crippen LogP contribution in [0.25, 0.3) is 0 Å². The normalized spacial score (nSPS) is 11.1. The summed E-state index contributed by atoms with van der Waals surface area (Å²) in [5, 5.41) is 3.28. The number of halogens is 1. The number of aryl methyl sites for hydroxylation is 1. The number of hydrogen-bond acceptors (Lipinski definition) is 4. The standard InChI is InChI=1S/C28H25ClN2O4S/c1-20-8-13-23(29)18-27(20)31(36(33,34)26-6-4-3-5-7-26)19-21-9-11-22(12-10-21)28(32)30-24-14-16-25(35-2)17-15-24/h3-18H,19H2,1-2H3,(H,30,32). The van der Waals surface area contributed by atoms with Crippen LogP contribution in [0.5, 0.6) is 5.75 Å². The van der Waals surface area contributed by atoms with Crippen LogP contribution in [0.2, 0.25) is 5.02 Å². The number of nitrogens with zero attached hydrogens (tertiary/aromatic N) is 1. The Kier molecular flexibility index (Phi) is 7.62. The molecule has 1 amide bonds. The molecule has 6 nitrogen and oxygen atoms in total. The molecule has 8 heteroatoms. The summed E-state index contributed by atoms with van der Waals surface area (Å²) in [7, 11) is -2.30. The van der Waals surface area contributed by atoms with Gasteiger partial charge in [-0.25, -0.2) is 8.42 Å². The minimum absolute atomic E-state index is 0.0682. The van der Waals surface area contributed by atoms with E-state index in [1.165, 1.54) is 4.31 Å². The Hall–Kier alpha value is -3.81. The Morgan fingerprint density at radius 3 is 2.22 bits per heavy atom. The number of carbonyl (C=O) groups is 1. The minimum atomic E-state index is -3.88. The van der Waals surface area contributed by atoms with Crippen molar-refractivity contribution in [2.45, 2.75) is 18.4 Å². The highest BCUT2D eigenvalue weighted by Gasteiger charge is 2.26. The molecule has 0 heterocycles. The molecule has 0 saturated heterocycles. The molecule has 184 valence electrons. The maximum absolute atomic E-state index is 13.6. The molecule has 4 rings (SSSR count). The van der Waals surface area contributed by atoms with Crippen LogP contribution >= 0.6 is 11.6 Å². The maximum Gasteiger partial charge on any atom is 0.264 e. The minimum Gasteiger partial charge on any atom is -0.497 e. The van der Waals surface area contributed by atoms with Crippen LogP contribution in [0.4, 0.5) is 11.4 Å². The van der Waals surface area contributed by atoms with Gasteiger partial charge in [-0.15, -0.1) is 0 Å². The summed E-state index contributed by atoms with van der Waals surface area (Å²) in [5.41, 5.74) is 3.07. The molecule has 0 aliphatic rings. The fourth-order valence-electron chi connectivity index (χ4n) is 3.68. The van der Waals surface area contributed by atoms with Gasteiger partial charge in [0.2, 0.25) is 0 Å². The van der Waals surface area contributed by atoms with E-state index in [9.17, 15) is 13.2 Å². The number of anilines is 2. The first-order valence-corrected chi connectivity index (χ1v) is 13.0. The van der Waals surface area contributed by atoms with Gasteiger partial charge in [0.05, 0.1) is 24.2 Å². The highest BCUT2D eigenvalue weighted by Crippen LogP contribution is 2.31. The summed E-state index contributed by atoms with van der Waals surface area (Å²) in [6.45, 7) is 1.91. The molecule has 0 aromatic heterocycles. The molecular weight excluding hydrogens is 496 g/mol. The average molecular weight is 521 g/mol. The Bertz CT molecular complexity index is 1460. The predicted molar refractivity (Wildman–Crippen MR) is 143 cm³/mol. The molecule has 0 saturated carbocycles. The number of ether oxygens (including phenoxy) is 1. The van der Waals surface area contributed by atoms with E-state index in [2.05, 4.69) is 5.32 Å². The summed E-state index contributed by atoms with van der Waals surface area (Å²) in [5.74, 6) is 0.425. The molecule has 36 heavy (non-hydrogen) atoms. The zero-order valence-electron chi connectivity index (χ0n) is 19.8. The topological polar surface area (TPSA) is 75.7 Å². The summed E-state index contributed by atoms with van der Waals surface area (Å²) >= 11 is 6.23. The van der Waals surface area contributed by atoms with Crippen molar-refractivity contribution < 1.29 is 17.9 Å². The van der Waals surface area contributed by atoms with Crippen LogP contribution in [0, 0.1) is 6.92 Å². The van der Waals surface area contributed by atoms with Gasteiger partial charge in [-0.2, -0.15) is 0 Å². The fraction of sp³-hybridized carbons (Fsp3) is 0.107. The van der Waals surface area contributed by atoms with Gasteiger partial charge >= 0.3 is 0 Å². The highest BCUT2D eigenvalue weighted by molar-refractivity contribution is 7.92. The van der Waals surface area contributed by atoms with Crippen LogP contribution < -0.4 is 14.4 Å². The Morgan fingerprint density at radius 1 is 0.917 bits per heavy atom. The number of carbonyl (C=O) groups excluding carboxylic acids is 1. The number of rotatable bonds is 8. The molecule has 4 aromatic rings. The van der Waals surface area contributed by atoms with Gasteiger partial charge in [0.1, 0.15) is 5.75 Å². The van der Waals surface area contributed by atoms with Crippen molar-refractivity contribution in [3.63, 3.8) is 0 Å². The van der Waals surface area contributed by atoms with Gasteiger partial charge in [0, 0.05) is 16.3 Å². The number of sulfonamides is 1. The predicted octanol–water partition coefficient (Wildman–Crippen LogP) is 6.30. The van der Waals surface area contributed by atoms with Crippen LogP contribution in [0.15, 0.2) is 102 Å². The Morgan fingerprint density at radius 2 is 1.58 bits per heavy atom. The SMILES string of the molecule is COc1ccc(NC(=O)c2ccc(CN(c3cc(Cl)ccc3C)S(=O)(=O)c3ccccc3)cc2)cc1. The van der Waals surface area contributed by atoms with E-state index in [1.807, 2.05) is 6.92 Å². The smallest absolute Gasteiger partial charge is 0.264 e. The molecule has 4 aromatic carbocycles. The molecule has 0 aliphatic carbocycles. The third kappa shape index (κ3) is 5.70. The van der Waals surface area contributed by atoms with E-state index in [-0.39, 0.29) is 17.3 Å². The van der Waals surface area contributed by atoms with Crippen LogP contribution in [-0.4, -0.2) is 21.4 Å². The molecule has 0 fully saturated rings. The van der Waals surface area contributed by atoms with Gasteiger partial charge in [-0.05, 0) is 78.7 Å². The number of amides is 1. The second-order valence-corrected chi connectivity index (χ2v) is 10.4. The Balaban J connectivity index is 1.60. The second-order valence-electron chi connectivity index (χ2n) is 8.14. The average Bonchev–Trinajstić information content (AvgIpc) is 2.90. The number of hydrogen-bond donors (Lipinski definition) is 1. The van der Waals surface area contributed by atoms with Crippen LogP contribution in [0.1, 0.15) is 21.5 Å². The van der Waals surface area contributed by atoms with Gasteiger partial charge in [-0.1, -0.05) is 48.0 Å². The van der Waals surface area contributed by atoms with E-state index in [0.29, 0.717) is 27.7 Å². The largest absolute Gasteiger partial charge is 0.497 e. The molecule has 0 radical (unpaired) electrons. The fourth-order valence-corrected chi connectivity index (χ4v) is 5.37. The van der Waals surface area contributed by atoms with E-state index in [4.69, 9.17) is 16.3 Å². The molecular formula is C28H25ClN2O4S. The zero-order chi connectivity index (χ0) is 25.7. The van der Waals surface area contributed by atoms with E-state index >= 15 is 0 Å². The molecule has 0 bridgehead atoms. The van der Waals surface area contributed by atoms with Gasteiger partial charge in [-0.3, -0.25) is 9.10 Å². The summed E-state index contributed by atoms with van der Waals surface area (Å²) < 4.78 is 33.7. The van der Waals surface area contributed by atoms with E-state index in [1.54, 1.807) is 104 Å². The Labute approximate surface area is 216 Å². The zero-order valence-corrected chi connectivity index (χ0v) is 21.4. The van der Waals surface area contributed by atoms with Crippen molar-refractivity contribution >= 4 is 38.9 Å². The van der Waals surface area contributed by atoms with Crippen LogP contribution in [0.3, 0.4) is 0 Å². The quantitative estimate of drug-likeness (QED) is 0.295. The van der Waals surface area contributed by atoms with Crippen molar-refractivity contribution in [1.29, 1.82) is 0 Å². The van der Waals surface area contributed by atoms with Gasteiger partial charge in [0.25, 0.3) is 15.9 Å². The van der Waals surface area contributed by atoms with Crippen molar-refractivity contribution in [3.05, 3.63) is 119 Å². The molecule has 0 aliphatic heterocycles. The highest BCUT2D eigenvalue weighted by atomic mass is 35.5. The molecule has 0 atom stereocenters. The summed E-state index contributed by atoms with van der Waals surface area (Å²) in [6, 6.07) is 27.3. The lowest BCUT2D eigenvalue weighted by Crippen LogP contribution is -2.31. The lowest BCUT2D eigenvalue weighted by Gasteiger charge is -2.26. The molecule has 1 N–H and O–H groups in total. The number of nitrogens with one attached hydrogen (secondary N) is 1. The lowest BCUT2D eigenvalue weighted by atomic mass is 10.1. The van der Waals surface area contributed by atoms with Crippen LogP contribution in [-0.2, 0) is 16.6 Å². The van der Waals surface area contributed by atoms with Gasteiger partial charge in [0.15, 0.2) is 0 Å². The van der Waals surface area contributed by atoms with Crippen molar-refractivity contribution in [2.24, 2.45) is 0 Å². The third-order valence-electron chi connectivity index (χ3n) is 5.66. The first-order chi connectivity index (χ1) is 17.3. The van der Waals surface area contributed by atoms with Gasteiger partial charge < -0.3 is 10.1 Å². The summed E-state index contributed by atoms with van der Waals surface area (Å²) in [6.07, 6.45) is 0. The first kappa shape index (κ1) is 25.3. The number of methoxy groups -OCH3 is 1. The first-order valence-electron chi connectivity index (χ1n) is 11.2. The third-order valence-corrected chi connectivity index (χ3v) is 7.67. The molecule has 0 spiro atoms. The lowest BCUT2D eigenvalue weighted by molar-refractivity contribution is 0.102. The summed E-state index contributed by atoms with van der Waals surface area (Å²) in [4.78, 5) is 12.9. The van der Waals surface area contributed by atoms with E-state index in [0.717, 1.165) is 11.1 Å². The number of benzene rings is 4. The van der Waals surface area contributed by atoms with Crippen molar-refractivity contribution in [1.82, 2.24) is 0 Å². The maximum atomic E-state index is 13.6. The van der Waals surface area contributed by atoms with Crippen molar-refractivity contribution in [3.8, 4) is 5.75 Å². The monoisotopic (exact) mass is 520 g/mol. The van der Waals surface area contributed by atoms with E-state index < -0.39 is 10.0 Å². The second kappa shape index (κ2) is 10.8.